The zero-order valence-electron chi connectivity index (χ0n) is 22.5. The number of hydrogen-bond donors (Lipinski definition) is 2. The van der Waals surface area contributed by atoms with E-state index in [9.17, 15) is 9.59 Å². The fraction of sp³-hybridized carbons (Fsp3) is 0.379. The number of nitrogens with one attached hydrogen (secondary N) is 2. The molecule has 0 aliphatic carbocycles. The molecule has 40 heavy (non-hydrogen) atoms. The third-order valence-electron chi connectivity index (χ3n) is 7.50. The number of aromatic nitrogens is 2. The van der Waals surface area contributed by atoms with Gasteiger partial charge < -0.3 is 24.8 Å². The number of likely N-dealkylation sites (N-methyl/N-ethyl adjacent to an activating group) is 1. The van der Waals surface area contributed by atoms with Gasteiger partial charge in [0.1, 0.15) is 18.0 Å². The molecule has 11 heteroatoms. The average molecular weight is 545 g/mol. The number of cyclic esters (lactones) is 1. The lowest BCUT2D eigenvalue weighted by atomic mass is 10.0. The molecular formula is C29H32N6O5. The standard InChI is InChI=1S/C29H32N6O5/c1-18-24(16-34(18)2)40-27-8-4-7-22(31-27)20-6-3-5-19(13-20)14-30-12-11-21-15-35(29(37)39-21)25-10-9-23-28(32-25)33-26(36)17-38-23/h3-10,13,18,21,24,30H,11-12,14-17H2,1-2H3,(H,32,33,36)/t18?,21-,24?/m0/s1. The number of benzene rings is 1. The lowest BCUT2D eigenvalue weighted by Crippen LogP contribution is -2.59. The Morgan fingerprint density at radius 3 is 2.83 bits per heavy atom. The summed E-state index contributed by atoms with van der Waals surface area (Å²) in [5.41, 5.74) is 3.04. The highest BCUT2D eigenvalue weighted by atomic mass is 16.6. The van der Waals surface area contributed by atoms with E-state index in [0.29, 0.717) is 55.4 Å². The van der Waals surface area contributed by atoms with E-state index in [1.165, 1.54) is 4.90 Å². The Morgan fingerprint density at radius 2 is 1.98 bits per heavy atom. The third kappa shape index (κ3) is 5.56. The summed E-state index contributed by atoms with van der Waals surface area (Å²) in [7, 11) is 2.09. The van der Waals surface area contributed by atoms with Crippen LogP contribution in [-0.4, -0.2) is 78.4 Å². The van der Waals surface area contributed by atoms with Crippen LogP contribution in [0, 0.1) is 0 Å². The van der Waals surface area contributed by atoms with Gasteiger partial charge in [-0.1, -0.05) is 24.3 Å². The van der Waals surface area contributed by atoms with E-state index in [1.54, 1.807) is 12.1 Å². The van der Waals surface area contributed by atoms with Crippen molar-refractivity contribution >= 4 is 23.6 Å². The van der Waals surface area contributed by atoms with Crippen molar-refractivity contribution in [3.8, 4) is 22.9 Å². The molecule has 2 amide bonds. The number of ether oxygens (including phenoxy) is 3. The van der Waals surface area contributed by atoms with Gasteiger partial charge in [0.25, 0.3) is 5.91 Å². The minimum absolute atomic E-state index is 0.0455. The lowest BCUT2D eigenvalue weighted by Gasteiger charge is -2.43. The maximum atomic E-state index is 12.5. The third-order valence-corrected chi connectivity index (χ3v) is 7.50. The molecule has 0 radical (unpaired) electrons. The maximum Gasteiger partial charge on any atom is 0.415 e. The van der Waals surface area contributed by atoms with Gasteiger partial charge in [0, 0.05) is 30.8 Å². The number of hydrogen-bond acceptors (Lipinski definition) is 9. The monoisotopic (exact) mass is 544 g/mol. The second kappa shape index (κ2) is 11.1. The first-order valence-electron chi connectivity index (χ1n) is 13.5. The zero-order chi connectivity index (χ0) is 27.6. The molecule has 6 rings (SSSR count). The number of likely N-dealkylation sites (tertiary alicyclic amines) is 1. The van der Waals surface area contributed by atoms with Crippen molar-refractivity contribution in [3.05, 3.63) is 60.2 Å². The average Bonchev–Trinajstić information content (AvgIpc) is 3.35. The van der Waals surface area contributed by atoms with Crippen LogP contribution in [0.4, 0.5) is 16.4 Å². The summed E-state index contributed by atoms with van der Waals surface area (Å²) >= 11 is 0. The van der Waals surface area contributed by atoms with E-state index in [1.807, 2.05) is 30.3 Å². The number of nitrogens with zero attached hydrogens (tertiary/aromatic N) is 4. The van der Waals surface area contributed by atoms with Crippen molar-refractivity contribution in [2.75, 3.05) is 43.5 Å². The minimum atomic E-state index is -0.453. The van der Waals surface area contributed by atoms with Crippen molar-refractivity contribution < 1.29 is 23.8 Å². The summed E-state index contributed by atoms with van der Waals surface area (Å²) in [5.74, 6) is 1.58. The molecule has 11 nitrogen and oxygen atoms in total. The topological polar surface area (TPSA) is 118 Å². The number of fused-ring (bicyclic) bond motifs is 1. The van der Waals surface area contributed by atoms with Gasteiger partial charge in [0.2, 0.25) is 5.88 Å². The molecule has 3 aliphatic rings. The molecule has 2 unspecified atom stereocenters. The molecular weight excluding hydrogens is 512 g/mol. The SMILES string of the molecule is CC1C(Oc2cccc(-c3cccc(CNCC[C@H]4CN(c5ccc6c(n5)NC(=O)CO6)C(=O)O4)c3)n2)CN1C. The van der Waals surface area contributed by atoms with Crippen molar-refractivity contribution in [2.45, 2.75) is 38.1 Å². The summed E-state index contributed by atoms with van der Waals surface area (Å²) in [5, 5.41) is 6.11. The highest BCUT2D eigenvalue weighted by Crippen LogP contribution is 2.30. The molecule has 0 spiro atoms. The van der Waals surface area contributed by atoms with E-state index >= 15 is 0 Å². The predicted octanol–water partition coefficient (Wildman–Crippen LogP) is 3.06. The van der Waals surface area contributed by atoms with Crippen LogP contribution in [-0.2, 0) is 16.1 Å². The molecule has 3 aromatic rings. The van der Waals surface area contributed by atoms with Crippen LogP contribution < -0.4 is 25.0 Å². The Morgan fingerprint density at radius 1 is 1.10 bits per heavy atom. The molecule has 3 atom stereocenters. The number of carbonyl (C=O) groups excluding carboxylic acids is 2. The number of amides is 2. The maximum absolute atomic E-state index is 12.5. The van der Waals surface area contributed by atoms with E-state index in [0.717, 1.165) is 23.4 Å². The zero-order valence-corrected chi connectivity index (χ0v) is 22.5. The molecule has 3 aliphatic heterocycles. The first-order chi connectivity index (χ1) is 19.4. The smallest absolute Gasteiger partial charge is 0.415 e. The van der Waals surface area contributed by atoms with E-state index in [2.05, 4.69) is 46.6 Å². The van der Waals surface area contributed by atoms with Crippen molar-refractivity contribution in [1.29, 1.82) is 0 Å². The summed E-state index contributed by atoms with van der Waals surface area (Å²) in [6.07, 6.45) is 0.106. The van der Waals surface area contributed by atoms with E-state index in [-0.39, 0.29) is 24.7 Å². The second-order valence-electron chi connectivity index (χ2n) is 10.3. The Labute approximate surface area is 232 Å². The minimum Gasteiger partial charge on any atom is -0.480 e. The molecule has 1 aromatic carbocycles. The fourth-order valence-electron chi connectivity index (χ4n) is 4.98. The number of anilines is 2. The van der Waals surface area contributed by atoms with Gasteiger partial charge in [-0.3, -0.25) is 14.6 Å². The molecule has 2 fully saturated rings. The Hall–Kier alpha value is -4.22. The molecule has 208 valence electrons. The summed E-state index contributed by atoms with van der Waals surface area (Å²) < 4.78 is 17.0. The molecule has 0 bridgehead atoms. The summed E-state index contributed by atoms with van der Waals surface area (Å²) in [4.78, 5) is 36.9. The van der Waals surface area contributed by atoms with Crippen LogP contribution in [0.5, 0.6) is 11.6 Å². The van der Waals surface area contributed by atoms with Crippen molar-refractivity contribution in [1.82, 2.24) is 20.2 Å². The first-order valence-corrected chi connectivity index (χ1v) is 13.5. The molecule has 5 heterocycles. The molecule has 2 N–H and O–H groups in total. The first kappa shape index (κ1) is 26.0. The van der Waals surface area contributed by atoms with Crippen LogP contribution in [0.2, 0.25) is 0 Å². The molecule has 2 saturated heterocycles. The largest absolute Gasteiger partial charge is 0.480 e. The van der Waals surface area contributed by atoms with E-state index in [4.69, 9.17) is 19.2 Å². The van der Waals surface area contributed by atoms with Gasteiger partial charge in [0.05, 0.1) is 12.2 Å². The van der Waals surface area contributed by atoms with Gasteiger partial charge in [0.15, 0.2) is 18.2 Å². The van der Waals surface area contributed by atoms with Crippen LogP contribution in [0.1, 0.15) is 18.9 Å². The number of pyridine rings is 2. The predicted molar refractivity (Wildman–Crippen MR) is 148 cm³/mol. The normalized spacial score (nSPS) is 22.1. The Bertz CT molecular complexity index is 1420. The van der Waals surface area contributed by atoms with Crippen LogP contribution in [0.3, 0.4) is 0 Å². The fourth-order valence-corrected chi connectivity index (χ4v) is 4.98. The summed E-state index contributed by atoms with van der Waals surface area (Å²) in [6.45, 7) is 4.75. The number of rotatable bonds is 9. The lowest BCUT2D eigenvalue weighted by molar-refractivity contribution is -0.118. The highest BCUT2D eigenvalue weighted by molar-refractivity contribution is 5.95. The van der Waals surface area contributed by atoms with Crippen LogP contribution in [0.25, 0.3) is 11.3 Å². The van der Waals surface area contributed by atoms with Gasteiger partial charge in [-0.05, 0) is 56.8 Å². The summed E-state index contributed by atoms with van der Waals surface area (Å²) in [6, 6.07) is 17.9. The Balaban J connectivity index is 0.998. The second-order valence-corrected chi connectivity index (χ2v) is 10.3. The number of carbonyl (C=O) groups is 2. The van der Waals surface area contributed by atoms with Crippen LogP contribution in [0.15, 0.2) is 54.6 Å². The highest BCUT2D eigenvalue weighted by Gasteiger charge is 2.35. The van der Waals surface area contributed by atoms with Gasteiger partial charge in [-0.2, -0.15) is 0 Å². The Kier molecular flexibility index (Phi) is 7.23. The molecule has 2 aromatic heterocycles. The van der Waals surface area contributed by atoms with Crippen LogP contribution >= 0.6 is 0 Å². The van der Waals surface area contributed by atoms with E-state index < -0.39 is 6.09 Å². The van der Waals surface area contributed by atoms with Gasteiger partial charge in [-0.15, -0.1) is 0 Å². The van der Waals surface area contributed by atoms with Gasteiger partial charge in [-0.25, -0.2) is 14.8 Å². The van der Waals surface area contributed by atoms with Crippen molar-refractivity contribution in [2.24, 2.45) is 0 Å². The van der Waals surface area contributed by atoms with Crippen molar-refractivity contribution in [3.63, 3.8) is 0 Å². The molecule has 0 saturated carbocycles. The van der Waals surface area contributed by atoms with Gasteiger partial charge >= 0.3 is 6.09 Å². The quantitative estimate of drug-likeness (QED) is 0.392.